The quantitative estimate of drug-likeness (QED) is 0.596. The Hall–Kier alpha value is -3.68. The van der Waals surface area contributed by atoms with E-state index in [0.29, 0.717) is 12.1 Å². The largest absolute Gasteiger partial charge is 0.345 e. The van der Waals surface area contributed by atoms with Crippen LogP contribution in [0, 0.1) is 0 Å². The molecule has 2 atom stereocenters. The fourth-order valence-corrected chi connectivity index (χ4v) is 3.35. The van der Waals surface area contributed by atoms with Gasteiger partial charge in [0.1, 0.15) is 12.1 Å². The Morgan fingerprint density at radius 1 is 1.06 bits per heavy atom. The molecule has 8 nitrogen and oxygen atoms in total. The minimum atomic E-state index is -1.01. The Labute approximate surface area is 181 Å². The number of carbonyl (C=O) groups is 4. The maximum atomic E-state index is 12.8. The number of hydrogen-bond donors (Lipinski definition) is 3. The number of amides is 5. The highest BCUT2D eigenvalue weighted by Crippen LogP contribution is 2.21. The molecule has 3 N–H and O–H groups in total. The molecule has 2 aromatic rings. The minimum absolute atomic E-state index is 0.227. The van der Waals surface area contributed by atoms with Crippen LogP contribution in [-0.2, 0) is 9.59 Å². The lowest BCUT2D eigenvalue weighted by Crippen LogP contribution is -2.44. The summed E-state index contributed by atoms with van der Waals surface area (Å²) in [7, 11) is 0. The number of benzene rings is 2. The van der Waals surface area contributed by atoms with Gasteiger partial charge in [-0.1, -0.05) is 49.4 Å². The number of para-hydroxylation sites is 1. The van der Waals surface area contributed by atoms with Crippen LogP contribution in [-0.4, -0.2) is 40.7 Å². The lowest BCUT2D eigenvalue weighted by atomic mass is 9.99. The van der Waals surface area contributed by atoms with Gasteiger partial charge in [-0.15, -0.1) is 0 Å². The van der Waals surface area contributed by atoms with Crippen molar-refractivity contribution < 1.29 is 19.2 Å². The Kier molecular flexibility index (Phi) is 6.39. The number of nitrogens with one attached hydrogen (secondary N) is 3. The Morgan fingerprint density at radius 2 is 1.71 bits per heavy atom. The Balaban J connectivity index is 1.69. The lowest BCUT2D eigenvalue weighted by Gasteiger charge is -2.19. The number of imide groups is 1. The van der Waals surface area contributed by atoms with E-state index in [2.05, 4.69) is 16.0 Å². The van der Waals surface area contributed by atoms with Crippen LogP contribution in [0.5, 0.6) is 0 Å². The van der Waals surface area contributed by atoms with Crippen LogP contribution >= 0.6 is 0 Å². The molecule has 1 aliphatic rings. The molecule has 3 rings (SSSR count). The molecule has 0 aromatic heterocycles. The van der Waals surface area contributed by atoms with Crippen molar-refractivity contribution in [2.45, 2.75) is 38.8 Å². The summed E-state index contributed by atoms with van der Waals surface area (Å²) < 4.78 is 0. The van der Waals surface area contributed by atoms with E-state index >= 15 is 0 Å². The van der Waals surface area contributed by atoms with Gasteiger partial charge in [-0.3, -0.25) is 19.3 Å². The third-order valence-corrected chi connectivity index (χ3v) is 5.45. The van der Waals surface area contributed by atoms with Gasteiger partial charge in [0.2, 0.25) is 5.91 Å². The summed E-state index contributed by atoms with van der Waals surface area (Å²) in [5.41, 5.74) is 0.530. The number of nitrogens with zero attached hydrogens (tertiary/aromatic N) is 1. The Bertz CT molecular complexity index is 1010. The van der Waals surface area contributed by atoms with E-state index in [1.165, 1.54) is 0 Å². The van der Waals surface area contributed by atoms with Crippen molar-refractivity contribution in [2.24, 2.45) is 0 Å². The SMILES string of the molecule is CC[C@]1(C)NC(=O)N(CC(=O)Nc2ccccc2C(=O)N[C@@H](C)c2ccccc2)C1=O. The van der Waals surface area contributed by atoms with E-state index in [-0.39, 0.29) is 17.5 Å². The van der Waals surface area contributed by atoms with E-state index in [0.717, 1.165) is 10.5 Å². The second kappa shape index (κ2) is 8.99. The molecular weight excluding hydrogens is 396 g/mol. The predicted octanol–water partition coefficient (Wildman–Crippen LogP) is 2.84. The van der Waals surface area contributed by atoms with Gasteiger partial charge in [0.05, 0.1) is 17.3 Å². The lowest BCUT2D eigenvalue weighted by molar-refractivity contribution is -0.133. The van der Waals surface area contributed by atoms with Gasteiger partial charge < -0.3 is 16.0 Å². The molecule has 8 heteroatoms. The highest BCUT2D eigenvalue weighted by atomic mass is 16.2. The summed E-state index contributed by atoms with van der Waals surface area (Å²) in [6.45, 7) is 4.85. The maximum absolute atomic E-state index is 12.8. The molecule has 1 fully saturated rings. The number of hydrogen-bond acceptors (Lipinski definition) is 4. The third-order valence-electron chi connectivity index (χ3n) is 5.45. The summed E-state index contributed by atoms with van der Waals surface area (Å²) >= 11 is 0. The van der Waals surface area contributed by atoms with Gasteiger partial charge in [0.15, 0.2) is 0 Å². The molecule has 0 saturated carbocycles. The van der Waals surface area contributed by atoms with Gasteiger partial charge in [-0.05, 0) is 38.0 Å². The van der Waals surface area contributed by atoms with Crippen molar-refractivity contribution in [1.82, 2.24) is 15.5 Å². The fourth-order valence-electron chi connectivity index (χ4n) is 3.35. The van der Waals surface area contributed by atoms with Crippen molar-refractivity contribution in [3.8, 4) is 0 Å². The molecule has 5 amide bonds. The number of rotatable bonds is 7. The topological polar surface area (TPSA) is 108 Å². The minimum Gasteiger partial charge on any atom is -0.345 e. The number of urea groups is 1. The zero-order chi connectivity index (χ0) is 22.6. The number of anilines is 1. The molecule has 1 aliphatic heterocycles. The van der Waals surface area contributed by atoms with E-state index in [1.54, 1.807) is 38.1 Å². The molecule has 0 radical (unpaired) electrons. The van der Waals surface area contributed by atoms with Crippen molar-refractivity contribution in [3.63, 3.8) is 0 Å². The van der Waals surface area contributed by atoms with Crippen LogP contribution in [0.4, 0.5) is 10.5 Å². The summed E-state index contributed by atoms with van der Waals surface area (Å²) in [5.74, 6) is -1.36. The first-order chi connectivity index (χ1) is 14.7. The van der Waals surface area contributed by atoms with Crippen LogP contribution in [0.2, 0.25) is 0 Å². The normalized spacial score (nSPS) is 19.0. The van der Waals surface area contributed by atoms with Crippen LogP contribution in [0.3, 0.4) is 0 Å². The van der Waals surface area contributed by atoms with Crippen LogP contribution in [0.25, 0.3) is 0 Å². The summed E-state index contributed by atoms with van der Waals surface area (Å²) in [5, 5.41) is 8.17. The first kappa shape index (κ1) is 22.0. The zero-order valence-electron chi connectivity index (χ0n) is 17.8. The summed E-state index contributed by atoms with van der Waals surface area (Å²) in [6.07, 6.45) is 0.415. The molecule has 0 unspecified atom stereocenters. The Morgan fingerprint density at radius 3 is 2.35 bits per heavy atom. The molecule has 31 heavy (non-hydrogen) atoms. The zero-order valence-corrected chi connectivity index (χ0v) is 17.8. The molecule has 0 spiro atoms. The highest BCUT2D eigenvalue weighted by molar-refractivity contribution is 6.10. The molecule has 2 aromatic carbocycles. The van der Waals surface area contributed by atoms with E-state index in [9.17, 15) is 19.2 Å². The monoisotopic (exact) mass is 422 g/mol. The van der Waals surface area contributed by atoms with Gasteiger partial charge in [0, 0.05) is 0 Å². The number of carbonyl (C=O) groups excluding carboxylic acids is 4. The maximum Gasteiger partial charge on any atom is 0.325 e. The highest BCUT2D eigenvalue weighted by Gasteiger charge is 2.47. The van der Waals surface area contributed by atoms with Crippen molar-refractivity contribution in [3.05, 3.63) is 65.7 Å². The smallest absolute Gasteiger partial charge is 0.325 e. The van der Waals surface area contributed by atoms with E-state index in [1.807, 2.05) is 37.3 Å². The van der Waals surface area contributed by atoms with E-state index < -0.39 is 29.9 Å². The van der Waals surface area contributed by atoms with Crippen molar-refractivity contribution in [2.75, 3.05) is 11.9 Å². The van der Waals surface area contributed by atoms with Crippen LogP contribution < -0.4 is 16.0 Å². The average molecular weight is 422 g/mol. The van der Waals surface area contributed by atoms with Gasteiger partial charge in [0.25, 0.3) is 11.8 Å². The molecule has 1 saturated heterocycles. The second-order valence-corrected chi connectivity index (χ2v) is 7.71. The molecule has 1 heterocycles. The fraction of sp³-hybridized carbons (Fsp3) is 0.304. The van der Waals surface area contributed by atoms with Gasteiger partial charge in [-0.25, -0.2) is 4.79 Å². The summed E-state index contributed by atoms with van der Waals surface area (Å²) in [6, 6.07) is 15.3. The van der Waals surface area contributed by atoms with Gasteiger partial charge >= 0.3 is 6.03 Å². The van der Waals surface area contributed by atoms with Crippen molar-refractivity contribution >= 4 is 29.4 Å². The third kappa shape index (κ3) is 4.74. The van der Waals surface area contributed by atoms with Crippen molar-refractivity contribution in [1.29, 1.82) is 0 Å². The van der Waals surface area contributed by atoms with Gasteiger partial charge in [-0.2, -0.15) is 0 Å². The summed E-state index contributed by atoms with van der Waals surface area (Å²) in [4.78, 5) is 50.9. The predicted molar refractivity (Wildman–Crippen MR) is 116 cm³/mol. The first-order valence-corrected chi connectivity index (χ1v) is 10.1. The standard InChI is InChI=1S/C23H26N4O4/c1-4-23(3)21(30)27(22(31)26-23)14-19(28)25-18-13-9-8-12-17(18)20(29)24-15(2)16-10-6-5-7-11-16/h5-13,15H,4,14H2,1-3H3,(H,24,29)(H,25,28)(H,26,31)/t15-,23-/m0/s1. The van der Waals surface area contributed by atoms with E-state index in [4.69, 9.17) is 0 Å². The first-order valence-electron chi connectivity index (χ1n) is 10.1. The average Bonchev–Trinajstić information content (AvgIpc) is 2.98. The molecule has 0 aliphatic carbocycles. The van der Waals surface area contributed by atoms with Crippen LogP contribution in [0.15, 0.2) is 54.6 Å². The molecule has 162 valence electrons. The second-order valence-electron chi connectivity index (χ2n) is 7.71. The molecule has 0 bridgehead atoms. The molecular formula is C23H26N4O4. The van der Waals surface area contributed by atoms with Crippen LogP contribution in [0.1, 0.15) is 49.2 Å².